The number of aromatic nitrogens is 6. The summed E-state index contributed by atoms with van der Waals surface area (Å²) in [7, 11) is 0. The van der Waals surface area contributed by atoms with Crippen LogP contribution in [0.2, 0.25) is 0 Å². The van der Waals surface area contributed by atoms with E-state index in [-0.39, 0.29) is 105 Å². The van der Waals surface area contributed by atoms with Gasteiger partial charge in [-0.3, -0.25) is 0 Å². The van der Waals surface area contributed by atoms with Crippen molar-refractivity contribution in [1.82, 2.24) is 29.1 Å². The summed E-state index contributed by atoms with van der Waals surface area (Å²) in [5, 5.41) is 18.0. The van der Waals surface area contributed by atoms with Crippen molar-refractivity contribution in [2.24, 2.45) is 11.8 Å². The first-order valence-electron chi connectivity index (χ1n) is 28.0. The number of benzene rings is 6. The highest BCUT2D eigenvalue weighted by molar-refractivity contribution is 6.05. The highest BCUT2D eigenvalue weighted by Crippen LogP contribution is 2.37. The Morgan fingerprint density at radius 3 is 1.25 bits per heavy atom. The van der Waals surface area contributed by atoms with E-state index >= 15 is 17.6 Å². The summed E-state index contributed by atoms with van der Waals surface area (Å²) < 4.78 is 183. The molecule has 2 fully saturated rings. The molecule has 0 aliphatic carbocycles. The Hall–Kier alpha value is -10.5. The second-order valence-corrected chi connectivity index (χ2v) is 21.9. The molecule has 12 rings (SSSR count). The van der Waals surface area contributed by atoms with Crippen molar-refractivity contribution >= 4 is 34.0 Å². The van der Waals surface area contributed by atoms with E-state index in [1.54, 1.807) is 9.13 Å². The smallest absolute Gasteiger partial charge is 0.346 e. The van der Waals surface area contributed by atoms with E-state index in [0.717, 1.165) is 48.5 Å². The monoisotopic (exact) mass is 1250 g/mol. The van der Waals surface area contributed by atoms with Crippen LogP contribution in [0.15, 0.2) is 109 Å². The maximum atomic E-state index is 16.2. The average Bonchev–Trinajstić information content (AvgIpc) is 1.66. The van der Waals surface area contributed by atoms with Gasteiger partial charge in [-0.15, -0.1) is 0 Å². The second-order valence-electron chi connectivity index (χ2n) is 21.9. The van der Waals surface area contributed by atoms with Crippen LogP contribution in [-0.4, -0.2) is 67.4 Å². The van der Waals surface area contributed by atoms with E-state index in [1.165, 1.54) is 48.5 Å². The Balaban J connectivity index is 0.778. The molecule has 91 heavy (non-hydrogen) atoms. The summed E-state index contributed by atoms with van der Waals surface area (Å²) in [6.07, 6.45) is -0.564. The number of rotatable bonds is 16. The zero-order chi connectivity index (χ0) is 64.1. The van der Waals surface area contributed by atoms with Crippen LogP contribution in [0.25, 0.3) is 44.6 Å². The molecule has 0 radical (unpaired) electrons. The summed E-state index contributed by atoms with van der Waals surface area (Å²) in [6.45, 7) is 3.44. The standard InChI is InChI=1S/C66H44F10N8O7/c1-31-25-87-29-59(31)83-57-17-33(3-7-55(57)79-61(83)19-35-11-51(75)41(21-49(35)73)53-9-5-43(67)63(81-53)89-27-39-15-45(69)37(23-77)13-47(39)71)65(85)91-66(86)34-4-8-56-58(18-34)84(60-30-88-26-32(60)2)62(80-56)20-36-12-52(76)42(22-50(36)74)54-10-6-44(68)64(82-54)90-28-40-16-46(70)38(24-78)14-48(40)72/h3-18,21-22,31-32,59-60H,19-20,25-30H2,1-2H3/t31-,32-,59+,60+/m0/s1. The maximum absolute atomic E-state index is 16.2. The number of ether oxygens (including phenoxy) is 5. The van der Waals surface area contributed by atoms with Gasteiger partial charge in [0.2, 0.25) is 0 Å². The van der Waals surface area contributed by atoms with Crippen molar-refractivity contribution in [3.05, 3.63) is 224 Å². The van der Waals surface area contributed by atoms with Gasteiger partial charge in [-0.05, 0) is 120 Å². The zero-order valence-electron chi connectivity index (χ0n) is 47.6. The molecule has 4 atom stereocenters. The third-order valence-electron chi connectivity index (χ3n) is 15.9. The van der Waals surface area contributed by atoms with E-state index in [9.17, 15) is 35.9 Å². The molecule has 4 aromatic heterocycles. The van der Waals surface area contributed by atoms with E-state index in [1.807, 2.05) is 13.8 Å². The van der Waals surface area contributed by atoms with Crippen LogP contribution in [0, 0.1) is 92.7 Å². The zero-order valence-corrected chi connectivity index (χ0v) is 47.6. The maximum Gasteiger partial charge on any atom is 0.346 e. The van der Waals surface area contributed by atoms with Crippen LogP contribution in [0.3, 0.4) is 0 Å². The van der Waals surface area contributed by atoms with Crippen LogP contribution in [0.5, 0.6) is 11.8 Å². The fraction of sp³-hybridized carbons (Fsp3) is 0.212. The Labute approximate surface area is 509 Å². The van der Waals surface area contributed by atoms with Gasteiger partial charge in [0.25, 0.3) is 11.8 Å². The highest BCUT2D eigenvalue weighted by atomic mass is 19.2. The van der Waals surface area contributed by atoms with Gasteiger partial charge >= 0.3 is 11.9 Å². The van der Waals surface area contributed by atoms with Gasteiger partial charge in [0.05, 0.1) is 94.2 Å². The van der Waals surface area contributed by atoms with Crippen molar-refractivity contribution in [2.75, 3.05) is 26.4 Å². The van der Waals surface area contributed by atoms with Crippen molar-refractivity contribution in [2.45, 2.75) is 52.0 Å². The second kappa shape index (κ2) is 24.8. The molecular weight excluding hydrogens is 1210 g/mol. The predicted molar refractivity (Wildman–Crippen MR) is 303 cm³/mol. The molecule has 460 valence electrons. The molecule has 0 saturated carbocycles. The van der Waals surface area contributed by atoms with E-state index in [0.29, 0.717) is 59.5 Å². The average molecular weight is 1250 g/mol. The number of imidazole rings is 2. The van der Waals surface area contributed by atoms with Gasteiger partial charge in [0.15, 0.2) is 11.6 Å². The Morgan fingerprint density at radius 2 is 0.868 bits per heavy atom. The SMILES string of the molecule is C[C@H]1COC[C@H]1n1c(Cc2cc(F)c(-c3ccc(F)c(OCc4cc(F)c(C#N)cc4F)n3)cc2F)nc2ccc(C(=O)OC(=O)c3ccc4nc(Cc5cc(F)c(-c6ccc(F)c(OCc7cc(F)c(C#N)cc7F)n6)cc5F)n([C@@H]5COC[C@@H]5C)c4c3)cc21. The van der Waals surface area contributed by atoms with Crippen LogP contribution in [0.4, 0.5) is 43.9 Å². The van der Waals surface area contributed by atoms with Crippen molar-refractivity contribution in [1.29, 1.82) is 10.5 Å². The molecule has 0 N–H and O–H groups in total. The summed E-state index contributed by atoms with van der Waals surface area (Å²) in [6, 6.07) is 21.1. The number of carbonyl (C=O) groups is 2. The molecule has 15 nitrogen and oxygen atoms in total. The van der Waals surface area contributed by atoms with Crippen molar-refractivity contribution in [3.63, 3.8) is 0 Å². The molecule has 0 amide bonds. The minimum Gasteiger partial charge on any atom is -0.471 e. The Kier molecular flexibility index (Phi) is 16.6. The van der Waals surface area contributed by atoms with Gasteiger partial charge in [-0.25, -0.2) is 73.4 Å². The van der Waals surface area contributed by atoms with Crippen LogP contribution in [0.1, 0.15) is 91.7 Å². The molecule has 0 spiro atoms. The number of hydrogen-bond acceptors (Lipinski definition) is 13. The number of hydrogen-bond donors (Lipinski definition) is 0. The first-order valence-corrected chi connectivity index (χ1v) is 28.0. The summed E-state index contributed by atoms with van der Waals surface area (Å²) in [5.41, 5.74) is -2.11. The minimum absolute atomic E-state index is 0.0742. The number of fused-ring (bicyclic) bond motifs is 2. The number of nitrogens with zero attached hydrogens (tertiary/aromatic N) is 8. The Bertz CT molecular complexity index is 4430. The summed E-state index contributed by atoms with van der Waals surface area (Å²) >= 11 is 0. The minimum atomic E-state index is -1.05. The number of esters is 2. The third kappa shape index (κ3) is 12.0. The van der Waals surface area contributed by atoms with E-state index in [4.69, 9.17) is 44.2 Å². The van der Waals surface area contributed by atoms with Crippen LogP contribution < -0.4 is 9.47 Å². The summed E-state index contributed by atoms with van der Waals surface area (Å²) in [5.74, 6) is -13.2. The van der Waals surface area contributed by atoms with Gasteiger partial charge in [0.1, 0.15) is 83.5 Å². The molecule has 2 saturated heterocycles. The van der Waals surface area contributed by atoms with Gasteiger partial charge in [-0.1, -0.05) is 13.8 Å². The van der Waals surface area contributed by atoms with Gasteiger partial charge in [-0.2, -0.15) is 10.5 Å². The molecule has 0 bridgehead atoms. The lowest BCUT2D eigenvalue weighted by molar-refractivity contribution is 0.0397. The first kappa shape index (κ1) is 60.8. The number of halogens is 10. The summed E-state index contributed by atoms with van der Waals surface area (Å²) in [4.78, 5) is 45.4. The molecular formula is C66H44F10N8O7. The number of carbonyl (C=O) groups excluding carboxylic acids is 2. The molecule has 6 aromatic carbocycles. The van der Waals surface area contributed by atoms with E-state index < -0.39 is 118 Å². The quantitative estimate of drug-likeness (QED) is 0.0505. The molecule has 2 aliphatic heterocycles. The van der Waals surface area contributed by atoms with Crippen LogP contribution >= 0.6 is 0 Å². The van der Waals surface area contributed by atoms with Crippen molar-refractivity contribution < 1.29 is 77.2 Å². The lowest BCUT2D eigenvalue weighted by Crippen LogP contribution is -2.19. The van der Waals surface area contributed by atoms with Crippen LogP contribution in [-0.2, 0) is 40.3 Å². The molecule has 6 heterocycles. The van der Waals surface area contributed by atoms with Crippen molar-refractivity contribution in [3.8, 4) is 46.4 Å². The largest absolute Gasteiger partial charge is 0.471 e. The number of nitriles is 2. The first-order chi connectivity index (χ1) is 43.7. The molecule has 25 heteroatoms. The topological polar surface area (TPSA) is 189 Å². The highest BCUT2D eigenvalue weighted by Gasteiger charge is 2.33. The fourth-order valence-corrected chi connectivity index (χ4v) is 11.1. The fourth-order valence-electron chi connectivity index (χ4n) is 11.1. The molecule has 10 aromatic rings. The van der Waals surface area contributed by atoms with Gasteiger partial charge < -0.3 is 32.8 Å². The van der Waals surface area contributed by atoms with E-state index in [2.05, 4.69) is 9.97 Å². The lowest BCUT2D eigenvalue weighted by atomic mass is 10.0. The Morgan fingerprint density at radius 1 is 0.473 bits per heavy atom. The normalized spacial score (nSPS) is 16.3. The molecule has 2 aliphatic rings. The molecule has 0 unspecified atom stereocenters. The predicted octanol–water partition coefficient (Wildman–Crippen LogP) is 13.4. The third-order valence-corrected chi connectivity index (χ3v) is 15.9. The van der Waals surface area contributed by atoms with Gasteiger partial charge in [0, 0.05) is 46.9 Å². The number of pyridine rings is 2. The lowest BCUT2D eigenvalue weighted by Gasteiger charge is -2.20.